The normalized spacial score (nSPS) is 13.6. The summed E-state index contributed by atoms with van der Waals surface area (Å²) in [6.45, 7) is 0.633. The van der Waals surface area contributed by atoms with Gasteiger partial charge in [0.2, 0.25) is 0 Å². The highest BCUT2D eigenvalue weighted by Gasteiger charge is 2.23. The molecular weight excluding hydrogens is 485 g/mol. The molecule has 8 heteroatoms. The lowest BCUT2D eigenvalue weighted by molar-refractivity contribution is -0.114. The molecule has 1 fully saturated rings. The molecule has 0 atom stereocenters. The van der Waals surface area contributed by atoms with Crippen molar-refractivity contribution in [3.8, 4) is 5.75 Å². The van der Waals surface area contributed by atoms with Gasteiger partial charge in [0, 0.05) is 34.5 Å². The van der Waals surface area contributed by atoms with E-state index in [0.29, 0.717) is 40.6 Å². The number of carbonyl (C=O) groups is 1. The van der Waals surface area contributed by atoms with E-state index in [2.05, 4.69) is 31.2 Å². The van der Waals surface area contributed by atoms with Gasteiger partial charge >= 0.3 is 0 Å². The van der Waals surface area contributed by atoms with Gasteiger partial charge in [-0.3, -0.25) is 4.79 Å². The zero-order valence-corrected chi connectivity index (χ0v) is 18.9. The number of ketones is 1. The Balaban J connectivity index is 1.70. The third-order valence-corrected chi connectivity index (χ3v) is 5.59. The van der Waals surface area contributed by atoms with Crippen LogP contribution in [0.5, 0.6) is 5.75 Å². The van der Waals surface area contributed by atoms with Crippen LogP contribution in [-0.4, -0.2) is 27.7 Å². The molecular formula is C23H20BrClFN3O2. The number of ether oxygens (including phenoxy) is 1. The monoisotopic (exact) mass is 503 g/mol. The van der Waals surface area contributed by atoms with E-state index in [1.807, 2.05) is 12.1 Å². The van der Waals surface area contributed by atoms with Crippen molar-refractivity contribution in [2.24, 2.45) is 5.92 Å². The number of fused-ring (bicyclic) bond motifs is 1. The van der Waals surface area contributed by atoms with Crippen LogP contribution in [0.4, 0.5) is 15.9 Å². The molecule has 0 amide bonds. The molecule has 0 unspecified atom stereocenters. The van der Waals surface area contributed by atoms with Crippen LogP contribution in [-0.2, 0) is 11.2 Å². The van der Waals surface area contributed by atoms with Gasteiger partial charge in [-0.15, -0.1) is 0 Å². The third kappa shape index (κ3) is 5.60. The van der Waals surface area contributed by atoms with E-state index in [1.54, 1.807) is 18.2 Å². The Morgan fingerprint density at radius 3 is 2.87 bits per heavy atom. The average molecular weight is 505 g/mol. The summed E-state index contributed by atoms with van der Waals surface area (Å²) >= 11 is 9.18. The number of allylic oxidation sites excluding steroid dienone is 2. The smallest absolute Gasteiger partial charge is 0.159 e. The minimum atomic E-state index is -0.491. The van der Waals surface area contributed by atoms with Gasteiger partial charge in [0.15, 0.2) is 5.78 Å². The Morgan fingerprint density at radius 2 is 2.13 bits per heavy atom. The molecule has 3 aromatic rings. The molecule has 0 spiro atoms. The quantitative estimate of drug-likeness (QED) is 0.285. The number of aromatic nitrogens is 2. The number of halogens is 3. The Morgan fingerprint density at radius 1 is 1.29 bits per heavy atom. The fourth-order valence-electron chi connectivity index (χ4n) is 3.13. The molecule has 1 N–H and O–H groups in total. The van der Waals surface area contributed by atoms with E-state index in [1.165, 1.54) is 31.3 Å². The third-order valence-electron chi connectivity index (χ3n) is 4.93. The van der Waals surface area contributed by atoms with Crippen molar-refractivity contribution >= 4 is 55.7 Å². The van der Waals surface area contributed by atoms with E-state index in [0.717, 1.165) is 10.9 Å². The molecule has 0 saturated heterocycles. The SMILES string of the molecule is O=C(/C=C/CBr)Cc1cc2c(Nc3ccc(F)c(Cl)c3)ncnc2cc1OCC1CC1. The predicted molar refractivity (Wildman–Crippen MR) is 124 cm³/mol. The number of benzene rings is 2. The first-order valence-corrected chi connectivity index (χ1v) is 11.4. The van der Waals surface area contributed by atoms with E-state index in [4.69, 9.17) is 16.3 Å². The van der Waals surface area contributed by atoms with Crippen molar-refractivity contribution in [3.05, 3.63) is 65.2 Å². The second-order valence-electron chi connectivity index (χ2n) is 7.41. The highest BCUT2D eigenvalue weighted by atomic mass is 79.9. The molecule has 1 aliphatic carbocycles. The second-order valence-corrected chi connectivity index (χ2v) is 8.46. The number of nitrogens with one attached hydrogen (secondary N) is 1. The number of nitrogens with zero attached hydrogens (tertiary/aromatic N) is 2. The number of hydrogen-bond acceptors (Lipinski definition) is 5. The molecule has 1 aliphatic rings. The highest BCUT2D eigenvalue weighted by molar-refractivity contribution is 9.09. The van der Waals surface area contributed by atoms with Crippen molar-refractivity contribution in [1.82, 2.24) is 9.97 Å². The summed E-state index contributed by atoms with van der Waals surface area (Å²) in [6, 6.07) is 8.09. The van der Waals surface area contributed by atoms with Crippen LogP contribution >= 0.6 is 27.5 Å². The van der Waals surface area contributed by atoms with Gasteiger partial charge in [0.1, 0.15) is 23.7 Å². The first-order valence-electron chi connectivity index (χ1n) is 9.91. The van der Waals surface area contributed by atoms with Gasteiger partial charge in [-0.05, 0) is 49.1 Å². The summed E-state index contributed by atoms with van der Waals surface area (Å²) in [4.78, 5) is 21.1. The summed E-state index contributed by atoms with van der Waals surface area (Å²) in [5, 5.41) is 4.52. The predicted octanol–water partition coefficient (Wildman–Crippen LogP) is 6.02. The minimum Gasteiger partial charge on any atom is -0.493 e. The maximum atomic E-state index is 13.5. The highest BCUT2D eigenvalue weighted by Crippen LogP contribution is 2.34. The van der Waals surface area contributed by atoms with Crippen LogP contribution in [0.15, 0.2) is 48.8 Å². The van der Waals surface area contributed by atoms with Gasteiger partial charge in [-0.1, -0.05) is 33.6 Å². The van der Waals surface area contributed by atoms with Crippen molar-refractivity contribution in [2.45, 2.75) is 19.3 Å². The van der Waals surface area contributed by atoms with Gasteiger partial charge in [-0.2, -0.15) is 0 Å². The Bertz CT molecular complexity index is 1150. The second kappa shape index (κ2) is 9.75. The summed E-state index contributed by atoms with van der Waals surface area (Å²) < 4.78 is 19.5. The molecule has 0 aliphatic heterocycles. The summed E-state index contributed by atoms with van der Waals surface area (Å²) in [6.07, 6.45) is 7.33. The van der Waals surface area contributed by atoms with Crippen LogP contribution < -0.4 is 10.1 Å². The first kappa shape index (κ1) is 21.7. The maximum absolute atomic E-state index is 13.5. The maximum Gasteiger partial charge on any atom is 0.159 e. The summed E-state index contributed by atoms with van der Waals surface area (Å²) in [5.41, 5.74) is 2.05. The number of hydrogen-bond donors (Lipinski definition) is 1. The molecule has 1 aromatic heterocycles. The van der Waals surface area contributed by atoms with Gasteiger partial charge in [0.25, 0.3) is 0 Å². The number of alkyl halides is 1. The molecule has 4 rings (SSSR count). The summed E-state index contributed by atoms with van der Waals surface area (Å²) in [5.74, 6) is 1.26. The molecule has 160 valence electrons. The van der Waals surface area contributed by atoms with Crippen LogP contribution in [0.1, 0.15) is 18.4 Å². The zero-order chi connectivity index (χ0) is 21.8. The van der Waals surface area contributed by atoms with E-state index in [-0.39, 0.29) is 17.2 Å². The molecule has 0 radical (unpaired) electrons. The topological polar surface area (TPSA) is 64.1 Å². The molecule has 1 saturated carbocycles. The lowest BCUT2D eigenvalue weighted by Gasteiger charge is -2.14. The van der Waals surface area contributed by atoms with Crippen molar-refractivity contribution in [1.29, 1.82) is 0 Å². The summed E-state index contributed by atoms with van der Waals surface area (Å²) in [7, 11) is 0. The van der Waals surface area contributed by atoms with Gasteiger partial charge in [0.05, 0.1) is 17.1 Å². The van der Waals surface area contributed by atoms with Gasteiger partial charge in [-0.25, -0.2) is 14.4 Å². The fraction of sp³-hybridized carbons (Fsp3) is 0.261. The molecule has 2 aromatic carbocycles. The van der Waals surface area contributed by atoms with E-state index < -0.39 is 5.82 Å². The van der Waals surface area contributed by atoms with E-state index >= 15 is 0 Å². The Labute approximate surface area is 192 Å². The molecule has 0 bridgehead atoms. The standard InChI is InChI=1S/C23H20BrClFN3O2/c24-7-1-2-17(30)8-15-9-18-21(11-22(15)31-12-14-3-4-14)27-13-28-23(18)29-16-5-6-20(26)19(25)10-16/h1-2,5-6,9-11,13-14H,3-4,7-8,12H2,(H,27,28,29)/b2-1+. The lowest BCUT2D eigenvalue weighted by Crippen LogP contribution is -2.06. The molecule has 31 heavy (non-hydrogen) atoms. The van der Waals surface area contributed by atoms with Crippen molar-refractivity contribution < 1.29 is 13.9 Å². The number of anilines is 2. The molecule has 1 heterocycles. The lowest BCUT2D eigenvalue weighted by atomic mass is 10.0. The number of carbonyl (C=O) groups excluding carboxylic acids is 1. The van der Waals surface area contributed by atoms with Crippen LogP contribution in [0.25, 0.3) is 10.9 Å². The zero-order valence-electron chi connectivity index (χ0n) is 16.6. The van der Waals surface area contributed by atoms with Crippen molar-refractivity contribution in [2.75, 3.05) is 17.3 Å². The Hall–Kier alpha value is -2.51. The molecule has 5 nitrogen and oxygen atoms in total. The first-order chi connectivity index (χ1) is 15.0. The number of rotatable bonds is 9. The minimum absolute atomic E-state index is 0.0176. The van der Waals surface area contributed by atoms with Crippen LogP contribution in [0.2, 0.25) is 5.02 Å². The fourth-order valence-corrected chi connectivity index (χ4v) is 3.49. The van der Waals surface area contributed by atoms with Crippen LogP contribution in [0, 0.1) is 11.7 Å². The van der Waals surface area contributed by atoms with E-state index in [9.17, 15) is 9.18 Å². The largest absolute Gasteiger partial charge is 0.493 e. The van der Waals surface area contributed by atoms with Crippen LogP contribution in [0.3, 0.4) is 0 Å². The van der Waals surface area contributed by atoms with Gasteiger partial charge < -0.3 is 10.1 Å². The Kier molecular flexibility index (Phi) is 6.83. The average Bonchev–Trinajstić information content (AvgIpc) is 3.58. The van der Waals surface area contributed by atoms with Crippen molar-refractivity contribution in [3.63, 3.8) is 0 Å².